The van der Waals surface area contributed by atoms with Crippen molar-refractivity contribution in [3.8, 4) is 0 Å². The van der Waals surface area contributed by atoms with Gasteiger partial charge in [0.1, 0.15) is 6.54 Å². The molecule has 0 spiro atoms. The molecule has 0 aliphatic rings. The van der Waals surface area contributed by atoms with E-state index in [1.54, 1.807) is 6.92 Å². The highest BCUT2D eigenvalue weighted by Gasteiger charge is 2.12. The molecule has 0 aliphatic carbocycles. The first-order valence-corrected chi connectivity index (χ1v) is 4.85. The molecule has 5 nitrogen and oxygen atoms in total. The molecule has 90 valence electrons. The van der Waals surface area contributed by atoms with Gasteiger partial charge in [0, 0.05) is 24.7 Å². The van der Waals surface area contributed by atoms with Crippen molar-refractivity contribution in [2.45, 2.75) is 19.9 Å². The summed E-state index contributed by atoms with van der Waals surface area (Å²) in [7, 11) is 0. The van der Waals surface area contributed by atoms with E-state index in [2.05, 4.69) is 10.4 Å². The molecule has 0 saturated heterocycles. The van der Waals surface area contributed by atoms with Crippen molar-refractivity contribution < 1.29 is 13.6 Å². The SMILES string of the molecule is CC(CN)C(=O)Nc1ccn(CC(F)F)n1. The Hall–Kier alpha value is -1.50. The summed E-state index contributed by atoms with van der Waals surface area (Å²) in [5.41, 5.74) is 5.31. The Morgan fingerprint density at radius 1 is 1.69 bits per heavy atom. The lowest BCUT2D eigenvalue weighted by atomic mass is 10.2. The number of carbonyl (C=O) groups is 1. The Bertz CT molecular complexity index is 353. The molecule has 0 bridgehead atoms. The van der Waals surface area contributed by atoms with E-state index in [1.165, 1.54) is 12.3 Å². The zero-order valence-electron chi connectivity index (χ0n) is 8.86. The van der Waals surface area contributed by atoms with Gasteiger partial charge in [-0.15, -0.1) is 0 Å². The van der Waals surface area contributed by atoms with E-state index in [0.29, 0.717) is 0 Å². The summed E-state index contributed by atoms with van der Waals surface area (Å²) in [6, 6.07) is 1.46. The Balaban J connectivity index is 2.55. The highest BCUT2D eigenvalue weighted by atomic mass is 19.3. The summed E-state index contributed by atoms with van der Waals surface area (Å²) in [4.78, 5) is 11.4. The van der Waals surface area contributed by atoms with Crippen molar-refractivity contribution in [2.24, 2.45) is 11.7 Å². The van der Waals surface area contributed by atoms with Gasteiger partial charge in [0.05, 0.1) is 0 Å². The minimum atomic E-state index is -2.47. The molecule has 0 aliphatic heterocycles. The Labute approximate surface area is 91.6 Å². The van der Waals surface area contributed by atoms with Gasteiger partial charge in [-0.05, 0) is 0 Å². The second-order valence-corrected chi connectivity index (χ2v) is 3.44. The highest BCUT2D eigenvalue weighted by molar-refractivity contribution is 5.91. The molecule has 0 fully saturated rings. The van der Waals surface area contributed by atoms with Crippen LogP contribution in [0.25, 0.3) is 0 Å². The van der Waals surface area contributed by atoms with Gasteiger partial charge in [0.2, 0.25) is 5.91 Å². The first-order chi connectivity index (χ1) is 7.52. The number of anilines is 1. The van der Waals surface area contributed by atoms with Gasteiger partial charge in [-0.25, -0.2) is 8.78 Å². The van der Waals surface area contributed by atoms with Crippen LogP contribution in [0.15, 0.2) is 12.3 Å². The molecule has 1 aromatic rings. The van der Waals surface area contributed by atoms with Crippen LogP contribution in [0.3, 0.4) is 0 Å². The lowest BCUT2D eigenvalue weighted by Gasteiger charge is -2.07. The van der Waals surface area contributed by atoms with Crippen molar-refractivity contribution in [3.05, 3.63) is 12.3 Å². The van der Waals surface area contributed by atoms with Crippen LogP contribution in [0, 0.1) is 5.92 Å². The summed E-state index contributed by atoms with van der Waals surface area (Å²) < 4.78 is 25.1. The third-order valence-corrected chi connectivity index (χ3v) is 2.02. The number of nitrogens with one attached hydrogen (secondary N) is 1. The number of hydrogen-bond donors (Lipinski definition) is 2. The molecule has 1 amide bonds. The molecule has 0 aromatic carbocycles. The summed E-state index contributed by atoms with van der Waals surface area (Å²) in [5, 5.41) is 6.26. The van der Waals surface area contributed by atoms with Crippen molar-refractivity contribution in [2.75, 3.05) is 11.9 Å². The lowest BCUT2D eigenvalue weighted by molar-refractivity contribution is -0.119. The largest absolute Gasteiger partial charge is 0.330 e. The fraction of sp³-hybridized carbons (Fsp3) is 0.556. The molecule has 1 atom stereocenters. The van der Waals surface area contributed by atoms with E-state index in [4.69, 9.17) is 5.73 Å². The van der Waals surface area contributed by atoms with Crippen LogP contribution in [0.2, 0.25) is 0 Å². The lowest BCUT2D eigenvalue weighted by Crippen LogP contribution is -2.26. The number of rotatable bonds is 5. The third kappa shape index (κ3) is 3.58. The van der Waals surface area contributed by atoms with Crippen molar-refractivity contribution in [1.29, 1.82) is 0 Å². The van der Waals surface area contributed by atoms with Crippen LogP contribution >= 0.6 is 0 Å². The first-order valence-electron chi connectivity index (χ1n) is 4.85. The zero-order valence-corrected chi connectivity index (χ0v) is 8.86. The van der Waals surface area contributed by atoms with Crippen molar-refractivity contribution >= 4 is 11.7 Å². The molecule has 0 radical (unpaired) electrons. The minimum absolute atomic E-state index is 0.226. The van der Waals surface area contributed by atoms with E-state index in [1.807, 2.05) is 0 Å². The Morgan fingerprint density at radius 2 is 2.38 bits per heavy atom. The Morgan fingerprint density at radius 3 is 2.94 bits per heavy atom. The van der Waals surface area contributed by atoms with Crippen LogP contribution in [0.5, 0.6) is 0 Å². The monoisotopic (exact) mass is 232 g/mol. The minimum Gasteiger partial charge on any atom is -0.330 e. The summed E-state index contributed by atoms with van der Waals surface area (Å²) in [6.45, 7) is 1.41. The molecular weight excluding hydrogens is 218 g/mol. The number of nitrogens with zero attached hydrogens (tertiary/aromatic N) is 2. The Kier molecular flexibility index (Phi) is 4.36. The van der Waals surface area contributed by atoms with Crippen LogP contribution in [0.4, 0.5) is 14.6 Å². The number of alkyl halides is 2. The van der Waals surface area contributed by atoms with Gasteiger partial charge >= 0.3 is 0 Å². The summed E-state index contributed by atoms with van der Waals surface area (Å²) in [6.07, 6.45) is -1.08. The molecule has 1 aromatic heterocycles. The average Bonchev–Trinajstić information content (AvgIpc) is 2.63. The van der Waals surface area contributed by atoms with Crippen molar-refractivity contribution in [1.82, 2.24) is 9.78 Å². The quantitative estimate of drug-likeness (QED) is 0.784. The van der Waals surface area contributed by atoms with Gasteiger partial charge in [-0.1, -0.05) is 6.92 Å². The average molecular weight is 232 g/mol. The maximum absolute atomic E-state index is 12.0. The fourth-order valence-electron chi connectivity index (χ4n) is 1.03. The van der Waals surface area contributed by atoms with E-state index in [0.717, 1.165) is 4.68 Å². The predicted octanol–water partition coefficient (Wildman–Crippen LogP) is 0.681. The molecular formula is C9H14F2N4O. The topological polar surface area (TPSA) is 72.9 Å². The van der Waals surface area contributed by atoms with Crippen LogP contribution in [0.1, 0.15) is 6.92 Å². The van der Waals surface area contributed by atoms with Gasteiger partial charge in [-0.3, -0.25) is 9.48 Å². The van der Waals surface area contributed by atoms with Crippen LogP contribution < -0.4 is 11.1 Å². The van der Waals surface area contributed by atoms with E-state index < -0.39 is 13.0 Å². The van der Waals surface area contributed by atoms with E-state index >= 15 is 0 Å². The van der Waals surface area contributed by atoms with Crippen LogP contribution in [-0.4, -0.2) is 28.7 Å². The number of aromatic nitrogens is 2. The molecule has 1 rings (SSSR count). The second kappa shape index (κ2) is 5.55. The summed E-state index contributed by atoms with van der Waals surface area (Å²) in [5.74, 6) is -0.351. The smallest absolute Gasteiger partial charge is 0.257 e. The second-order valence-electron chi connectivity index (χ2n) is 3.44. The fourth-order valence-corrected chi connectivity index (χ4v) is 1.03. The highest BCUT2D eigenvalue weighted by Crippen LogP contribution is 2.06. The molecule has 16 heavy (non-hydrogen) atoms. The van der Waals surface area contributed by atoms with Gasteiger partial charge < -0.3 is 11.1 Å². The van der Waals surface area contributed by atoms with Gasteiger partial charge in [0.15, 0.2) is 5.82 Å². The summed E-state index contributed by atoms with van der Waals surface area (Å²) >= 11 is 0. The maximum atomic E-state index is 12.0. The van der Waals surface area contributed by atoms with Crippen molar-refractivity contribution in [3.63, 3.8) is 0 Å². The molecule has 3 N–H and O–H groups in total. The standard InChI is InChI=1S/C9H14F2N4O/c1-6(4-12)9(16)13-8-2-3-15(14-8)5-7(10)11/h2-3,6-7H,4-5,12H2,1H3,(H,13,14,16). The normalized spacial score (nSPS) is 12.8. The first kappa shape index (κ1) is 12.6. The number of hydrogen-bond acceptors (Lipinski definition) is 3. The molecule has 1 unspecified atom stereocenters. The third-order valence-electron chi connectivity index (χ3n) is 2.02. The number of amides is 1. The zero-order chi connectivity index (χ0) is 12.1. The molecule has 0 saturated carbocycles. The predicted molar refractivity (Wildman–Crippen MR) is 55.1 cm³/mol. The van der Waals surface area contributed by atoms with Gasteiger partial charge in [-0.2, -0.15) is 5.10 Å². The molecule has 7 heteroatoms. The number of nitrogens with two attached hydrogens (primary N) is 1. The van der Waals surface area contributed by atoms with Gasteiger partial charge in [0.25, 0.3) is 6.43 Å². The molecule has 1 heterocycles. The van der Waals surface area contributed by atoms with Crippen LogP contribution in [-0.2, 0) is 11.3 Å². The van der Waals surface area contributed by atoms with E-state index in [-0.39, 0.29) is 24.2 Å². The number of carbonyl (C=O) groups excluding carboxylic acids is 1. The maximum Gasteiger partial charge on any atom is 0.257 e. The number of halogens is 2. The van der Waals surface area contributed by atoms with E-state index in [9.17, 15) is 13.6 Å².